The number of nitro benzene ring substituents is 1. The molecule has 0 atom stereocenters. The van der Waals surface area contributed by atoms with Gasteiger partial charge in [0.25, 0.3) is 5.92 Å². The summed E-state index contributed by atoms with van der Waals surface area (Å²) in [5, 5.41) is 18.6. The summed E-state index contributed by atoms with van der Waals surface area (Å²) in [6.07, 6.45) is 0. The lowest BCUT2D eigenvalue weighted by Crippen LogP contribution is -2.20. The van der Waals surface area contributed by atoms with E-state index in [0.717, 1.165) is 12.1 Å². The molecular weight excluding hydrogens is 215 g/mol. The molecule has 0 radical (unpaired) electrons. The fourth-order valence-electron chi connectivity index (χ4n) is 1.03. The van der Waals surface area contributed by atoms with E-state index in [4.69, 9.17) is 5.11 Å². The van der Waals surface area contributed by atoms with Crippen molar-refractivity contribution in [1.82, 2.24) is 0 Å². The molecule has 0 bridgehead atoms. The third kappa shape index (κ3) is 2.07. The maximum Gasteiger partial charge on any atom is 0.305 e. The Morgan fingerprint density at radius 3 is 2.53 bits per heavy atom. The van der Waals surface area contributed by atoms with Gasteiger partial charge in [-0.15, -0.1) is 0 Å². The van der Waals surface area contributed by atoms with Gasteiger partial charge in [0.2, 0.25) is 5.82 Å². The smallest absolute Gasteiger partial charge is 0.305 e. The van der Waals surface area contributed by atoms with E-state index in [1.165, 1.54) is 0 Å². The minimum atomic E-state index is -3.82. The standard InChI is InChI=1S/C8H6F3NO3/c9-7-5(8(10,11)4-13)2-1-3-6(7)12(14)15/h1-3,13H,4H2. The van der Waals surface area contributed by atoms with Crippen molar-refractivity contribution >= 4 is 5.69 Å². The summed E-state index contributed by atoms with van der Waals surface area (Å²) in [7, 11) is 0. The highest BCUT2D eigenvalue weighted by Crippen LogP contribution is 2.32. The Morgan fingerprint density at radius 1 is 1.47 bits per heavy atom. The van der Waals surface area contributed by atoms with Crippen molar-refractivity contribution in [2.75, 3.05) is 6.61 Å². The van der Waals surface area contributed by atoms with Crippen LogP contribution in [0.3, 0.4) is 0 Å². The highest BCUT2D eigenvalue weighted by atomic mass is 19.3. The lowest BCUT2D eigenvalue weighted by atomic mass is 10.1. The molecule has 0 fully saturated rings. The van der Waals surface area contributed by atoms with Crippen molar-refractivity contribution in [3.8, 4) is 0 Å². The monoisotopic (exact) mass is 221 g/mol. The normalized spacial score (nSPS) is 11.5. The van der Waals surface area contributed by atoms with Crippen LogP contribution in [0.2, 0.25) is 0 Å². The van der Waals surface area contributed by atoms with Gasteiger partial charge in [0.1, 0.15) is 6.61 Å². The molecule has 1 aromatic rings. The number of hydrogen-bond acceptors (Lipinski definition) is 3. The topological polar surface area (TPSA) is 63.4 Å². The van der Waals surface area contributed by atoms with Crippen LogP contribution in [0.1, 0.15) is 5.56 Å². The second-order valence-electron chi connectivity index (χ2n) is 2.76. The van der Waals surface area contributed by atoms with Gasteiger partial charge in [0, 0.05) is 6.07 Å². The van der Waals surface area contributed by atoms with Gasteiger partial charge in [0.05, 0.1) is 10.5 Å². The van der Waals surface area contributed by atoms with Crippen LogP contribution in [-0.2, 0) is 5.92 Å². The summed E-state index contributed by atoms with van der Waals surface area (Å²) in [6, 6.07) is 2.39. The van der Waals surface area contributed by atoms with E-state index in [-0.39, 0.29) is 0 Å². The Hall–Kier alpha value is -1.63. The molecule has 1 aromatic carbocycles. The van der Waals surface area contributed by atoms with Crippen molar-refractivity contribution in [1.29, 1.82) is 0 Å². The first-order valence-electron chi connectivity index (χ1n) is 3.82. The Morgan fingerprint density at radius 2 is 2.07 bits per heavy atom. The quantitative estimate of drug-likeness (QED) is 0.625. The molecule has 0 spiro atoms. The van der Waals surface area contributed by atoms with E-state index in [1.807, 2.05) is 0 Å². The first-order valence-corrected chi connectivity index (χ1v) is 3.82. The molecule has 1 rings (SSSR count). The Bertz CT molecular complexity index is 395. The first-order chi connectivity index (χ1) is 6.90. The van der Waals surface area contributed by atoms with Gasteiger partial charge in [-0.3, -0.25) is 10.1 Å². The van der Waals surface area contributed by atoms with Gasteiger partial charge in [0.15, 0.2) is 0 Å². The first kappa shape index (κ1) is 11.4. The summed E-state index contributed by atoms with van der Waals surface area (Å²) in [5.74, 6) is -5.45. The second kappa shape index (κ2) is 3.85. The van der Waals surface area contributed by atoms with E-state index >= 15 is 0 Å². The van der Waals surface area contributed by atoms with Crippen molar-refractivity contribution < 1.29 is 23.2 Å². The van der Waals surface area contributed by atoms with E-state index in [0.29, 0.717) is 6.07 Å². The Balaban J connectivity index is 3.33. The lowest BCUT2D eigenvalue weighted by molar-refractivity contribution is -0.387. The number of benzene rings is 1. The van der Waals surface area contributed by atoms with Gasteiger partial charge in [-0.25, -0.2) is 0 Å². The van der Waals surface area contributed by atoms with Crippen molar-refractivity contribution in [2.24, 2.45) is 0 Å². The third-order valence-corrected chi connectivity index (χ3v) is 1.77. The summed E-state index contributed by atoms with van der Waals surface area (Å²) in [5.41, 5.74) is -2.22. The molecule has 0 aliphatic heterocycles. The molecule has 0 saturated heterocycles. The number of rotatable bonds is 3. The zero-order valence-corrected chi connectivity index (χ0v) is 7.28. The molecule has 82 valence electrons. The second-order valence-corrected chi connectivity index (χ2v) is 2.76. The zero-order valence-electron chi connectivity index (χ0n) is 7.28. The predicted octanol–water partition coefficient (Wildman–Crippen LogP) is 1.82. The number of aliphatic hydroxyl groups is 1. The molecule has 0 unspecified atom stereocenters. The van der Waals surface area contributed by atoms with Gasteiger partial charge >= 0.3 is 5.69 Å². The largest absolute Gasteiger partial charge is 0.390 e. The molecule has 0 aromatic heterocycles. The summed E-state index contributed by atoms with van der Waals surface area (Å²) < 4.78 is 38.9. The number of aliphatic hydroxyl groups excluding tert-OH is 1. The number of halogens is 3. The average Bonchev–Trinajstić information content (AvgIpc) is 2.17. The van der Waals surface area contributed by atoms with Crippen LogP contribution in [0.25, 0.3) is 0 Å². The van der Waals surface area contributed by atoms with Crippen molar-refractivity contribution in [3.05, 3.63) is 39.7 Å². The summed E-state index contributed by atoms with van der Waals surface area (Å²) in [6.45, 7) is -1.61. The highest BCUT2D eigenvalue weighted by molar-refractivity contribution is 5.38. The fraction of sp³-hybridized carbons (Fsp3) is 0.250. The Labute approximate surface area is 82.1 Å². The number of hydrogen-bond donors (Lipinski definition) is 1. The van der Waals surface area contributed by atoms with Crippen LogP contribution < -0.4 is 0 Å². The molecule has 1 N–H and O–H groups in total. The van der Waals surface area contributed by atoms with Crippen molar-refractivity contribution in [3.63, 3.8) is 0 Å². The predicted molar refractivity (Wildman–Crippen MR) is 44.0 cm³/mol. The molecule has 7 heteroatoms. The average molecular weight is 221 g/mol. The fourth-order valence-corrected chi connectivity index (χ4v) is 1.03. The van der Waals surface area contributed by atoms with E-state index in [2.05, 4.69) is 0 Å². The van der Waals surface area contributed by atoms with E-state index < -0.39 is 34.5 Å². The van der Waals surface area contributed by atoms with E-state index in [1.54, 1.807) is 0 Å². The molecule has 15 heavy (non-hydrogen) atoms. The molecule has 4 nitrogen and oxygen atoms in total. The van der Waals surface area contributed by atoms with E-state index in [9.17, 15) is 23.3 Å². The van der Waals surface area contributed by atoms with Crippen molar-refractivity contribution in [2.45, 2.75) is 5.92 Å². The molecular formula is C8H6F3NO3. The number of nitro groups is 1. The minimum Gasteiger partial charge on any atom is -0.390 e. The minimum absolute atomic E-state index is 0.693. The van der Waals surface area contributed by atoms with Crippen LogP contribution >= 0.6 is 0 Å². The van der Waals surface area contributed by atoms with Crippen LogP contribution in [0.15, 0.2) is 18.2 Å². The highest BCUT2D eigenvalue weighted by Gasteiger charge is 2.36. The van der Waals surface area contributed by atoms with Crippen LogP contribution in [0.5, 0.6) is 0 Å². The zero-order chi connectivity index (χ0) is 11.6. The SMILES string of the molecule is O=[N+]([O-])c1cccc(C(F)(F)CO)c1F. The Kier molecular flexibility index (Phi) is 2.94. The molecule has 0 aliphatic rings. The summed E-state index contributed by atoms with van der Waals surface area (Å²) in [4.78, 5) is 9.14. The third-order valence-electron chi connectivity index (χ3n) is 1.77. The number of nitrogens with zero attached hydrogens (tertiary/aromatic N) is 1. The van der Waals surface area contributed by atoms with Gasteiger partial charge in [-0.2, -0.15) is 13.2 Å². The van der Waals surface area contributed by atoms with Gasteiger partial charge in [-0.05, 0) is 6.07 Å². The molecule has 0 saturated carbocycles. The van der Waals surface area contributed by atoms with Crippen LogP contribution in [0.4, 0.5) is 18.9 Å². The molecule has 0 aliphatic carbocycles. The maximum absolute atomic E-state index is 13.2. The lowest BCUT2D eigenvalue weighted by Gasteiger charge is -2.13. The molecule has 0 amide bonds. The molecule has 0 heterocycles. The maximum atomic E-state index is 13.2. The van der Waals surface area contributed by atoms with Gasteiger partial charge in [-0.1, -0.05) is 6.07 Å². The van der Waals surface area contributed by atoms with Crippen LogP contribution in [-0.4, -0.2) is 16.6 Å². The summed E-state index contributed by atoms with van der Waals surface area (Å²) >= 11 is 0. The van der Waals surface area contributed by atoms with Crippen LogP contribution in [0, 0.1) is 15.9 Å². The van der Waals surface area contributed by atoms with Gasteiger partial charge < -0.3 is 5.11 Å². The number of alkyl halides is 2.